The zero-order valence-electron chi connectivity index (χ0n) is 16.7. The minimum Gasteiger partial charge on any atom is -0.497 e. The number of aryl methyl sites for hydroxylation is 1. The minimum absolute atomic E-state index is 0.0654. The van der Waals surface area contributed by atoms with Crippen molar-refractivity contribution in [1.29, 1.82) is 0 Å². The average molecular weight is 421 g/mol. The van der Waals surface area contributed by atoms with E-state index < -0.39 is 34.9 Å². The lowest BCUT2D eigenvalue weighted by molar-refractivity contribution is -0.142. The van der Waals surface area contributed by atoms with Crippen molar-refractivity contribution in [2.24, 2.45) is 0 Å². The number of benzene rings is 2. The summed E-state index contributed by atoms with van der Waals surface area (Å²) in [6.07, 6.45) is 0. The fraction of sp³-hybridized carbons (Fsp3) is 0.300. The van der Waals surface area contributed by atoms with Crippen LogP contribution in [0.1, 0.15) is 15.9 Å². The lowest BCUT2D eigenvalue weighted by atomic mass is 10.1. The van der Waals surface area contributed by atoms with Crippen LogP contribution in [0.3, 0.4) is 0 Å². The van der Waals surface area contributed by atoms with E-state index in [1.54, 1.807) is 24.3 Å². The third-order valence-corrected chi connectivity index (χ3v) is 5.97. The number of methoxy groups -OCH3 is 2. The zero-order chi connectivity index (χ0) is 21.6. The highest BCUT2D eigenvalue weighted by Gasteiger charge is 2.24. The number of Topliss-reactive ketones (excluding diaryl/α,β-unsaturated/α-hetero) is 1. The van der Waals surface area contributed by atoms with Gasteiger partial charge in [-0.1, -0.05) is 17.7 Å². The Labute approximate surface area is 170 Å². The van der Waals surface area contributed by atoms with Crippen LogP contribution in [0.25, 0.3) is 0 Å². The van der Waals surface area contributed by atoms with Crippen LogP contribution in [0.2, 0.25) is 0 Å². The van der Waals surface area contributed by atoms with Crippen molar-refractivity contribution in [2.45, 2.75) is 11.8 Å². The molecule has 0 atom stereocenters. The van der Waals surface area contributed by atoms with Gasteiger partial charge < -0.3 is 14.2 Å². The summed E-state index contributed by atoms with van der Waals surface area (Å²) in [4.78, 5) is 24.5. The van der Waals surface area contributed by atoms with Crippen LogP contribution in [-0.4, -0.2) is 58.9 Å². The largest absolute Gasteiger partial charge is 0.497 e. The third-order valence-electron chi connectivity index (χ3n) is 4.15. The number of ether oxygens (including phenoxy) is 3. The number of esters is 1. The van der Waals surface area contributed by atoms with Crippen LogP contribution in [-0.2, 0) is 19.6 Å². The lowest BCUT2D eigenvalue weighted by Gasteiger charge is -2.16. The Kier molecular flexibility index (Phi) is 7.35. The molecule has 0 aromatic heterocycles. The van der Waals surface area contributed by atoms with Gasteiger partial charge in [0.15, 0.2) is 6.61 Å². The van der Waals surface area contributed by atoms with Gasteiger partial charge in [0.2, 0.25) is 15.8 Å². The summed E-state index contributed by atoms with van der Waals surface area (Å²) in [5.41, 5.74) is 1.11. The van der Waals surface area contributed by atoms with E-state index in [2.05, 4.69) is 0 Å². The number of nitrogens with zero attached hydrogens (tertiary/aromatic N) is 1. The van der Waals surface area contributed by atoms with Gasteiger partial charge >= 0.3 is 5.97 Å². The Morgan fingerprint density at radius 1 is 1.00 bits per heavy atom. The van der Waals surface area contributed by atoms with Gasteiger partial charge in [-0.15, -0.1) is 0 Å². The summed E-state index contributed by atoms with van der Waals surface area (Å²) in [7, 11) is 0.288. The van der Waals surface area contributed by atoms with E-state index in [1.807, 2.05) is 6.92 Å². The molecule has 9 heteroatoms. The Morgan fingerprint density at radius 3 is 2.24 bits per heavy atom. The Morgan fingerprint density at radius 2 is 1.66 bits per heavy atom. The summed E-state index contributed by atoms with van der Waals surface area (Å²) in [6.45, 7) is 0.755. The van der Waals surface area contributed by atoms with Crippen molar-refractivity contribution < 1.29 is 32.2 Å². The van der Waals surface area contributed by atoms with Gasteiger partial charge in [-0.3, -0.25) is 9.59 Å². The van der Waals surface area contributed by atoms with Gasteiger partial charge in [-0.25, -0.2) is 8.42 Å². The van der Waals surface area contributed by atoms with Crippen molar-refractivity contribution in [3.63, 3.8) is 0 Å². The second-order valence-corrected chi connectivity index (χ2v) is 8.27. The maximum Gasteiger partial charge on any atom is 0.321 e. The second kappa shape index (κ2) is 9.53. The Balaban J connectivity index is 2.00. The van der Waals surface area contributed by atoms with Crippen LogP contribution >= 0.6 is 0 Å². The van der Waals surface area contributed by atoms with Gasteiger partial charge in [0.05, 0.1) is 24.7 Å². The number of carbonyl (C=O) groups excluding carboxylic acids is 2. The molecule has 0 heterocycles. The normalized spacial score (nSPS) is 11.2. The molecule has 0 saturated carbocycles. The van der Waals surface area contributed by atoms with E-state index in [0.717, 1.165) is 9.87 Å². The standard InChI is InChI=1S/C20H23NO7S/c1-14-5-8-16(9-6-14)29(24,25)21(2)12-20(23)28-13-18(22)17-11-15(26-3)7-10-19(17)27-4/h5-11H,12-13H2,1-4H3. The topological polar surface area (TPSA) is 99.2 Å². The molecular weight excluding hydrogens is 398 g/mol. The molecule has 0 bridgehead atoms. The summed E-state index contributed by atoms with van der Waals surface area (Å²) in [5, 5.41) is 0. The molecule has 29 heavy (non-hydrogen) atoms. The van der Waals surface area contributed by atoms with Crippen LogP contribution in [0.5, 0.6) is 11.5 Å². The molecule has 0 spiro atoms. The van der Waals surface area contributed by atoms with Crippen molar-refractivity contribution >= 4 is 21.8 Å². The van der Waals surface area contributed by atoms with Gasteiger partial charge in [0.25, 0.3) is 0 Å². The van der Waals surface area contributed by atoms with Crippen LogP contribution in [0.15, 0.2) is 47.4 Å². The average Bonchev–Trinajstić information content (AvgIpc) is 2.71. The molecule has 0 amide bonds. The first-order valence-electron chi connectivity index (χ1n) is 8.63. The molecule has 0 fully saturated rings. The van der Waals surface area contributed by atoms with Crippen LogP contribution in [0, 0.1) is 6.92 Å². The van der Waals surface area contributed by atoms with Gasteiger partial charge in [-0.2, -0.15) is 4.31 Å². The first-order valence-corrected chi connectivity index (χ1v) is 10.1. The van der Waals surface area contributed by atoms with Gasteiger partial charge in [0.1, 0.15) is 18.0 Å². The van der Waals surface area contributed by atoms with E-state index in [1.165, 1.54) is 39.5 Å². The number of rotatable bonds is 9. The number of ketones is 1. The van der Waals surface area contributed by atoms with E-state index in [-0.39, 0.29) is 10.5 Å². The highest BCUT2D eigenvalue weighted by atomic mass is 32.2. The highest BCUT2D eigenvalue weighted by Crippen LogP contribution is 2.24. The molecule has 156 valence electrons. The molecule has 2 rings (SSSR count). The molecule has 8 nitrogen and oxygen atoms in total. The fourth-order valence-electron chi connectivity index (χ4n) is 2.46. The Hall–Kier alpha value is -2.91. The quantitative estimate of drug-likeness (QED) is 0.451. The monoisotopic (exact) mass is 421 g/mol. The van der Waals surface area contributed by atoms with Crippen LogP contribution < -0.4 is 9.47 Å². The number of hydrogen-bond acceptors (Lipinski definition) is 7. The van der Waals surface area contributed by atoms with Crippen LogP contribution in [0.4, 0.5) is 0 Å². The lowest BCUT2D eigenvalue weighted by Crippen LogP contribution is -2.33. The summed E-state index contributed by atoms with van der Waals surface area (Å²) >= 11 is 0. The summed E-state index contributed by atoms with van der Waals surface area (Å²) < 4.78 is 41.1. The molecule has 0 aliphatic heterocycles. The SMILES string of the molecule is COc1ccc(OC)c(C(=O)COC(=O)CN(C)S(=O)(=O)c2ccc(C)cc2)c1. The van der Waals surface area contributed by atoms with Gasteiger partial charge in [0, 0.05) is 7.05 Å². The molecule has 0 unspecified atom stereocenters. The molecular formula is C20H23NO7S. The number of sulfonamides is 1. The maximum atomic E-state index is 12.5. The molecule has 0 radical (unpaired) electrons. The fourth-order valence-corrected chi connectivity index (χ4v) is 3.57. The molecule has 0 aliphatic rings. The van der Waals surface area contributed by atoms with E-state index in [9.17, 15) is 18.0 Å². The number of carbonyl (C=O) groups is 2. The van der Waals surface area contributed by atoms with E-state index in [0.29, 0.717) is 11.5 Å². The van der Waals surface area contributed by atoms with Crippen molar-refractivity contribution in [3.8, 4) is 11.5 Å². The number of hydrogen-bond donors (Lipinski definition) is 0. The first-order chi connectivity index (χ1) is 13.7. The molecule has 0 aliphatic carbocycles. The third kappa shape index (κ3) is 5.55. The number of likely N-dealkylation sites (N-methyl/N-ethyl adjacent to an activating group) is 1. The molecule has 2 aromatic carbocycles. The van der Waals surface area contributed by atoms with Gasteiger partial charge in [-0.05, 0) is 37.3 Å². The minimum atomic E-state index is -3.85. The maximum absolute atomic E-state index is 12.5. The molecule has 0 saturated heterocycles. The van der Waals surface area contributed by atoms with Crippen molar-refractivity contribution in [3.05, 3.63) is 53.6 Å². The second-order valence-electron chi connectivity index (χ2n) is 6.22. The summed E-state index contributed by atoms with van der Waals surface area (Å²) in [5.74, 6) is -0.591. The zero-order valence-corrected chi connectivity index (χ0v) is 17.5. The van der Waals surface area contributed by atoms with Crippen molar-refractivity contribution in [2.75, 3.05) is 34.4 Å². The first kappa shape index (κ1) is 22.4. The predicted octanol–water partition coefficient (Wildman–Crippen LogP) is 2.06. The van der Waals surface area contributed by atoms with E-state index in [4.69, 9.17) is 14.2 Å². The summed E-state index contributed by atoms with van der Waals surface area (Å²) in [6, 6.07) is 10.9. The van der Waals surface area contributed by atoms with E-state index >= 15 is 0 Å². The van der Waals surface area contributed by atoms with Crippen molar-refractivity contribution in [1.82, 2.24) is 4.31 Å². The molecule has 0 N–H and O–H groups in total. The Bertz CT molecular complexity index is 984. The highest BCUT2D eigenvalue weighted by molar-refractivity contribution is 7.89. The molecule has 2 aromatic rings. The predicted molar refractivity (Wildman–Crippen MR) is 106 cm³/mol. The smallest absolute Gasteiger partial charge is 0.321 e.